The Balaban J connectivity index is 2.14. The van der Waals surface area contributed by atoms with E-state index in [0.717, 1.165) is 12.2 Å². The third-order valence-corrected chi connectivity index (χ3v) is 3.25. The summed E-state index contributed by atoms with van der Waals surface area (Å²) >= 11 is 3.15. The van der Waals surface area contributed by atoms with Crippen molar-refractivity contribution in [2.24, 2.45) is 0 Å². The fourth-order valence-corrected chi connectivity index (χ4v) is 1.92. The van der Waals surface area contributed by atoms with Crippen LogP contribution in [0.15, 0.2) is 53.0 Å². The molecule has 0 saturated carbocycles. The second-order valence-electron chi connectivity index (χ2n) is 3.94. The molecule has 0 amide bonds. The van der Waals surface area contributed by atoms with Gasteiger partial charge in [-0.3, -0.25) is 0 Å². The van der Waals surface area contributed by atoms with Gasteiger partial charge in [-0.05, 0) is 39.7 Å². The zero-order valence-corrected chi connectivity index (χ0v) is 11.1. The van der Waals surface area contributed by atoms with Crippen molar-refractivity contribution in [2.45, 2.75) is 6.54 Å². The molecule has 0 aliphatic rings. The molecule has 0 aliphatic heterocycles. The number of hydrogen-bond acceptors (Lipinski definition) is 1. The summed E-state index contributed by atoms with van der Waals surface area (Å²) in [6.07, 6.45) is 0. The maximum Gasteiger partial charge on any atom is 0.139 e. The lowest BCUT2D eigenvalue weighted by Gasteiger charge is -2.19. The Morgan fingerprint density at radius 3 is 2.47 bits per heavy atom. The second kappa shape index (κ2) is 5.32. The summed E-state index contributed by atoms with van der Waals surface area (Å²) in [5.74, 6) is -0.234. The van der Waals surface area contributed by atoms with E-state index in [0.29, 0.717) is 4.47 Å². The average molecular weight is 294 g/mol. The number of rotatable bonds is 3. The van der Waals surface area contributed by atoms with E-state index in [1.54, 1.807) is 6.07 Å². The molecule has 1 nitrogen and oxygen atoms in total. The van der Waals surface area contributed by atoms with Gasteiger partial charge in [0.1, 0.15) is 5.82 Å². The standard InChI is InChI=1S/C14H13BrFN/c1-17(10-11-5-3-2-4-6-11)12-7-8-13(15)14(16)9-12/h2-9H,10H2,1H3. The molecule has 3 heteroatoms. The Bertz CT molecular complexity index is 499. The number of nitrogens with zero attached hydrogens (tertiary/aromatic N) is 1. The van der Waals surface area contributed by atoms with Crippen LogP contribution in [-0.4, -0.2) is 7.05 Å². The summed E-state index contributed by atoms with van der Waals surface area (Å²) in [5.41, 5.74) is 2.08. The summed E-state index contributed by atoms with van der Waals surface area (Å²) in [7, 11) is 1.95. The van der Waals surface area contributed by atoms with Gasteiger partial charge in [0.05, 0.1) is 4.47 Å². The number of halogens is 2. The largest absolute Gasteiger partial charge is 0.370 e. The van der Waals surface area contributed by atoms with Crippen molar-refractivity contribution in [2.75, 3.05) is 11.9 Å². The summed E-state index contributed by atoms with van der Waals surface area (Å²) < 4.78 is 13.9. The van der Waals surface area contributed by atoms with Crippen LogP contribution in [0, 0.1) is 5.82 Å². The maximum atomic E-state index is 13.4. The monoisotopic (exact) mass is 293 g/mol. The highest BCUT2D eigenvalue weighted by atomic mass is 79.9. The number of anilines is 1. The van der Waals surface area contributed by atoms with Gasteiger partial charge in [-0.25, -0.2) is 4.39 Å². The van der Waals surface area contributed by atoms with E-state index >= 15 is 0 Å². The first-order valence-corrected chi connectivity index (χ1v) is 6.16. The lowest BCUT2D eigenvalue weighted by atomic mass is 10.2. The summed E-state index contributed by atoms with van der Waals surface area (Å²) in [5, 5.41) is 0. The molecule has 0 fully saturated rings. The van der Waals surface area contributed by atoms with E-state index in [1.165, 1.54) is 11.6 Å². The molecule has 0 saturated heterocycles. The first-order valence-electron chi connectivity index (χ1n) is 5.37. The van der Waals surface area contributed by atoms with Gasteiger partial charge >= 0.3 is 0 Å². The van der Waals surface area contributed by atoms with Crippen LogP contribution in [0.3, 0.4) is 0 Å². The molecule has 2 aromatic rings. The highest BCUT2D eigenvalue weighted by molar-refractivity contribution is 9.10. The fourth-order valence-electron chi connectivity index (χ4n) is 1.67. The fraction of sp³-hybridized carbons (Fsp3) is 0.143. The third-order valence-electron chi connectivity index (χ3n) is 2.61. The molecule has 0 aromatic heterocycles. The van der Waals surface area contributed by atoms with E-state index < -0.39 is 0 Å². The molecule has 0 spiro atoms. The molecule has 0 aliphatic carbocycles. The van der Waals surface area contributed by atoms with Gasteiger partial charge in [0, 0.05) is 19.3 Å². The smallest absolute Gasteiger partial charge is 0.139 e. The van der Waals surface area contributed by atoms with Crippen LogP contribution in [-0.2, 0) is 6.54 Å². The van der Waals surface area contributed by atoms with Gasteiger partial charge < -0.3 is 4.90 Å². The van der Waals surface area contributed by atoms with E-state index in [1.807, 2.05) is 36.2 Å². The van der Waals surface area contributed by atoms with Crippen LogP contribution in [0.2, 0.25) is 0 Å². The highest BCUT2D eigenvalue weighted by Gasteiger charge is 2.05. The third kappa shape index (κ3) is 3.07. The minimum Gasteiger partial charge on any atom is -0.370 e. The summed E-state index contributed by atoms with van der Waals surface area (Å²) in [4.78, 5) is 2.02. The van der Waals surface area contributed by atoms with Crippen molar-refractivity contribution in [3.8, 4) is 0 Å². The van der Waals surface area contributed by atoms with Crippen LogP contribution in [0.1, 0.15) is 5.56 Å². The van der Waals surface area contributed by atoms with Crippen molar-refractivity contribution in [3.05, 3.63) is 64.4 Å². The zero-order valence-electron chi connectivity index (χ0n) is 9.53. The highest BCUT2D eigenvalue weighted by Crippen LogP contribution is 2.22. The van der Waals surface area contributed by atoms with Crippen molar-refractivity contribution in [3.63, 3.8) is 0 Å². The molecule has 0 bridgehead atoms. The Morgan fingerprint density at radius 1 is 1.12 bits per heavy atom. The molecule has 2 aromatic carbocycles. The Kier molecular flexibility index (Phi) is 3.79. The lowest BCUT2D eigenvalue weighted by molar-refractivity contribution is 0.620. The van der Waals surface area contributed by atoms with Gasteiger partial charge in [-0.2, -0.15) is 0 Å². The average Bonchev–Trinajstić information content (AvgIpc) is 2.34. The molecule has 0 unspecified atom stereocenters. The summed E-state index contributed by atoms with van der Waals surface area (Å²) in [6.45, 7) is 0.766. The van der Waals surface area contributed by atoms with Crippen LogP contribution in [0.25, 0.3) is 0 Å². The molecule has 0 radical (unpaired) electrons. The van der Waals surface area contributed by atoms with E-state index in [-0.39, 0.29) is 5.82 Å². The quantitative estimate of drug-likeness (QED) is 0.819. The van der Waals surface area contributed by atoms with E-state index in [2.05, 4.69) is 28.1 Å². The predicted molar refractivity (Wildman–Crippen MR) is 72.6 cm³/mol. The van der Waals surface area contributed by atoms with Crippen molar-refractivity contribution in [1.82, 2.24) is 0 Å². The van der Waals surface area contributed by atoms with Crippen LogP contribution >= 0.6 is 15.9 Å². The molecule has 88 valence electrons. The SMILES string of the molecule is CN(Cc1ccccc1)c1ccc(Br)c(F)c1. The zero-order chi connectivity index (χ0) is 12.3. The molecule has 2 rings (SSSR count). The van der Waals surface area contributed by atoms with Gasteiger partial charge in [0.25, 0.3) is 0 Å². The topological polar surface area (TPSA) is 3.24 Å². The van der Waals surface area contributed by atoms with Crippen LogP contribution in [0.5, 0.6) is 0 Å². The maximum absolute atomic E-state index is 13.4. The molecular formula is C14H13BrFN. The molecule has 0 heterocycles. The summed E-state index contributed by atoms with van der Waals surface area (Å²) in [6, 6.07) is 15.3. The Morgan fingerprint density at radius 2 is 1.82 bits per heavy atom. The molecule has 0 N–H and O–H groups in total. The van der Waals surface area contributed by atoms with E-state index in [4.69, 9.17) is 0 Å². The van der Waals surface area contributed by atoms with Crippen LogP contribution < -0.4 is 4.90 Å². The normalized spacial score (nSPS) is 10.3. The van der Waals surface area contributed by atoms with Gasteiger partial charge in [-0.15, -0.1) is 0 Å². The molecule has 17 heavy (non-hydrogen) atoms. The number of benzene rings is 2. The van der Waals surface area contributed by atoms with E-state index in [9.17, 15) is 4.39 Å². The first kappa shape index (κ1) is 12.1. The Labute approximate surface area is 109 Å². The van der Waals surface area contributed by atoms with Gasteiger partial charge in [-0.1, -0.05) is 30.3 Å². The lowest BCUT2D eigenvalue weighted by Crippen LogP contribution is -2.16. The van der Waals surface area contributed by atoms with Crippen molar-refractivity contribution in [1.29, 1.82) is 0 Å². The first-order chi connectivity index (χ1) is 8.16. The van der Waals surface area contributed by atoms with Gasteiger partial charge in [0.2, 0.25) is 0 Å². The van der Waals surface area contributed by atoms with Crippen LogP contribution in [0.4, 0.5) is 10.1 Å². The van der Waals surface area contributed by atoms with Crippen molar-refractivity contribution >= 4 is 21.6 Å². The molecular weight excluding hydrogens is 281 g/mol. The molecule has 0 atom stereocenters. The predicted octanol–water partition coefficient (Wildman–Crippen LogP) is 4.22. The minimum absolute atomic E-state index is 0.234. The second-order valence-corrected chi connectivity index (χ2v) is 4.79. The van der Waals surface area contributed by atoms with Gasteiger partial charge in [0.15, 0.2) is 0 Å². The Hall–Kier alpha value is -1.35. The van der Waals surface area contributed by atoms with Crippen molar-refractivity contribution < 1.29 is 4.39 Å². The number of hydrogen-bond donors (Lipinski definition) is 0. The minimum atomic E-state index is -0.234.